The molecular formula is C36H38FN3O3. The zero-order chi connectivity index (χ0) is 30.3. The molecule has 2 atom stereocenters. The second-order valence-electron chi connectivity index (χ2n) is 10.9. The number of anilines is 1. The average molecular weight is 580 g/mol. The first-order chi connectivity index (χ1) is 20.9. The van der Waals surface area contributed by atoms with Gasteiger partial charge in [-0.3, -0.25) is 9.59 Å². The highest BCUT2D eigenvalue weighted by atomic mass is 19.1. The van der Waals surface area contributed by atoms with Gasteiger partial charge in [-0.15, -0.1) is 0 Å². The lowest BCUT2D eigenvalue weighted by Gasteiger charge is -2.42. The molecule has 0 unspecified atom stereocenters. The number of fused-ring (bicyclic) bond motifs is 1. The van der Waals surface area contributed by atoms with Gasteiger partial charge in [0.1, 0.15) is 11.6 Å². The summed E-state index contributed by atoms with van der Waals surface area (Å²) in [7, 11) is 1.60. The fourth-order valence-corrected chi connectivity index (χ4v) is 5.89. The van der Waals surface area contributed by atoms with Crippen LogP contribution < -0.4 is 15.0 Å². The third kappa shape index (κ3) is 6.72. The third-order valence-electron chi connectivity index (χ3n) is 8.10. The Morgan fingerprint density at radius 1 is 0.977 bits per heavy atom. The van der Waals surface area contributed by atoms with Crippen molar-refractivity contribution in [2.75, 3.05) is 31.6 Å². The summed E-state index contributed by atoms with van der Waals surface area (Å²) in [6.07, 6.45) is 0.771. The predicted molar refractivity (Wildman–Crippen MR) is 168 cm³/mol. The zero-order valence-corrected chi connectivity index (χ0v) is 24.9. The van der Waals surface area contributed by atoms with Crippen molar-refractivity contribution in [3.05, 3.63) is 131 Å². The Kier molecular flexibility index (Phi) is 9.40. The van der Waals surface area contributed by atoms with Crippen molar-refractivity contribution < 1.29 is 18.7 Å². The summed E-state index contributed by atoms with van der Waals surface area (Å²) in [5.41, 5.74) is 5.20. The first kappa shape index (κ1) is 29.8. The van der Waals surface area contributed by atoms with Crippen molar-refractivity contribution in [2.45, 2.75) is 38.8 Å². The molecule has 5 rings (SSSR count). The minimum atomic E-state index is -0.637. The molecule has 0 bridgehead atoms. The lowest BCUT2D eigenvalue weighted by Crippen LogP contribution is -2.47. The van der Waals surface area contributed by atoms with Gasteiger partial charge < -0.3 is 19.9 Å². The van der Waals surface area contributed by atoms with E-state index in [1.807, 2.05) is 42.5 Å². The number of ether oxygens (including phenoxy) is 1. The molecule has 7 heteroatoms. The van der Waals surface area contributed by atoms with Gasteiger partial charge in [-0.1, -0.05) is 54.6 Å². The maximum Gasteiger partial charge on any atom is 0.255 e. The van der Waals surface area contributed by atoms with E-state index in [2.05, 4.69) is 48.3 Å². The number of carbonyl (C=O) groups is 2. The molecule has 0 saturated heterocycles. The van der Waals surface area contributed by atoms with E-state index in [1.165, 1.54) is 23.4 Å². The summed E-state index contributed by atoms with van der Waals surface area (Å²) in [5, 5.41) is 3.19. The minimum absolute atomic E-state index is 0.136. The maximum atomic E-state index is 14.1. The normalized spacial score (nSPS) is 16.0. The van der Waals surface area contributed by atoms with Crippen molar-refractivity contribution in [2.24, 2.45) is 0 Å². The van der Waals surface area contributed by atoms with Crippen LogP contribution in [0.1, 0.15) is 57.9 Å². The van der Waals surface area contributed by atoms with E-state index in [0.717, 1.165) is 30.6 Å². The molecule has 4 aromatic carbocycles. The summed E-state index contributed by atoms with van der Waals surface area (Å²) in [6, 6.07) is 28.8. The molecule has 0 fully saturated rings. The largest absolute Gasteiger partial charge is 0.497 e. The summed E-state index contributed by atoms with van der Waals surface area (Å²) in [4.78, 5) is 32.1. The van der Waals surface area contributed by atoms with E-state index in [4.69, 9.17) is 4.74 Å². The lowest BCUT2D eigenvalue weighted by atomic mass is 9.79. The number of hydrogen-bond donors (Lipinski definition) is 1. The lowest BCUT2D eigenvalue weighted by molar-refractivity contribution is -0.124. The van der Waals surface area contributed by atoms with Gasteiger partial charge in [0.25, 0.3) is 5.91 Å². The molecule has 222 valence electrons. The van der Waals surface area contributed by atoms with Gasteiger partial charge in [0.2, 0.25) is 5.91 Å². The molecular weight excluding hydrogens is 541 g/mol. The average Bonchev–Trinajstić information content (AvgIpc) is 3.03. The maximum absolute atomic E-state index is 14.1. The Labute approximate surface area is 253 Å². The first-order valence-corrected chi connectivity index (χ1v) is 14.8. The van der Waals surface area contributed by atoms with Crippen LogP contribution in [0.4, 0.5) is 10.1 Å². The molecule has 6 nitrogen and oxygen atoms in total. The summed E-state index contributed by atoms with van der Waals surface area (Å²) >= 11 is 0. The van der Waals surface area contributed by atoms with E-state index in [9.17, 15) is 14.0 Å². The topological polar surface area (TPSA) is 61.9 Å². The molecule has 0 aliphatic carbocycles. The number of carbonyl (C=O) groups excluding carboxylic acids is 2. The number of nitrogens with zero attached hydrogens (tertiary/aromatic N) is 2. The number of aryl methyl sites for hydroxylation is 1. The predicted octanol–water partition coefficient (Wildman–Crippen LogP) is 6.66. The molecule has 0 saturated carbocycles. The van der Waals surface area contributed by atoms with Crippen LogP contribution in [0, 0.1) is 12.7 Å². The van der Waals surface area contributed by atoms with Crippen molar-refractivity contribution in [1.29, 1.82) is 0 Å². The van der Waals surface area contributed by atoms with Crippen LogP contribution in [0.25, 0.3) is 0 Å². The van der Waals surface area contributed by atoms with Crippen LogP contribution in [0.2, 0.25) is 0 Å². The molecule has 0 aromatic heterocycles. The number of methoxy groups -OCH3 is 1. The summed E-state index contributed by atoms with van der Waals surface area (Å²) in [5.74, 6) is -0.592. The molecule has 0 spiro atoms. The number of benzene rings is 4. The monoisotopic (exact) mass is 579 g/mol. The molecule has 1 aliphatic heterocycles. The molecule has 4 aromatic rings. The third-order valence-corrected chi connectivity index (χ3v) is 8.10. The minimum Gasteiger partial charge on any atom is -0.497 e. The molecule has 43 heavy (non-hydrogen) atoms. The highest BCUT2D eigenvalue weighted by molar-refractivity contribution is 6.01. The second-order valence-corrected chi connectivity index (χ2v) is 10.9. The van der Waals surface area contributed by atoms with E-state index in [1.54, 1.807) is 30.2 Å². The SMILES string of the molecule is CCN(CCCNC(=O)[C@@H]1c2ccccc2C(=O)N(Cc2ccc(F)cc2)[C@@H]1c1ccc(OC)cc1)c1cccc(C)c1. The quantitative estimate of drug-likeness (QED) is 0.202. The van der Waals surface area contributed by atoms with Crippen LogP contribution in [0.5, 0.6) is 5.75 Å². The number of nitrogens with one attached hydrogen (secondary N) is 1. The summed E-state index contributed by atoms with van der Waals surface area (Å²) in [6.45, 7) is 6.62. The van der Waals surface area contributed by atoms with Gasteiger partial charge in [-0.25, -0.2) is 4.39 Å². The van der Waals surface area contributed by atoms with Crippen LogP contribution in [-0.4, -0.2) is 43.5 Å². The highest BCUT2D eigenvalue weighted by Crippen LogP contribution is 2.44. The van der Waals surface area contributed by atoms with Gasteiger partial charge in [-0.2, -0.15) is 0 Å². The molecule has 0 radical (unpaired) electrons. The standard InChI is InChI=1S/C36H38FN3O3/c1-4-39(29-10-7-9-25(2)23-29)22-8-21-38-35(41)33-31-11-5-6-12-32(31)36(42)40(24-26-13-17-28(37)18-14-26)34(33)27-15-19-30(43-3)20-16-27/h5-7,9-20,23,33-34H,4,8,21-22,24H2,1-3H3,(H,38,41)/t33-,34-/m1/s1. The van der Waals surface area contributed by atoms with Gasteiger partial charge in [-0.05, 0) is 85.0 Å². The number of rotatable bonds is 11. The Hall–Kier alpha value is -4.65. The number of hydrogen-bond acceptors (Lipinski definition) is 4. The summed E-state index contributed by atoms with van der Waals surface area (Å²) < 4.78 is 19.1. The van der Waals surface area contributed by atoms with E-state index in [-0.39, 0.29) is 24.2 Å². The Morgan fingerprint density at radius 2 is 1.72 bits per heavy atom. The van der Waals surface area contributed by atoms with Gasteiger partial charge >= 0.3 is 0 Å². The first-order valence-electron chi connectivity index (χ1n) is 14.8. The van der Waals surface area contributed by atoms with Crippen molar-refractivity contribution in [3.63, 3.8) is 0 Å². The molecule has 1 N–H and O–H groups in total. The van der Waals surface area contributed by atoms with Crippen molar-refractivity contribution in [3.8, 4) is 5.75 Å². The van der Waals surface area contributed by atoms with Crippen LogP contribution >= 0.6 is 0 Å². The molecule has 1 aliphatic rings. The van der Waals surface area contributed by atoms with Crippen molar-refractivity contribution in [1.82, 2.24) is 10.2 Å². The van der Waals surface area contributed by atoms with Crippen molar-refractivity contribution >= 4 is 17.5 Å². The van der Waals surface area contributed by atoms with Crippen LogP contribution in [0.3, 0.4) is 0 Å². The van der Waals surface area contributed by atoms with Gasteiger partial charge in [0.05, 0.1) is 19.1 Å². The number of amides is 2. The van der Waals surface area contributed by atoms with E-state index >= 15 is 0 Å². The van der Waals surface area contributed by atoms with Gasteiger partial charge in [0.15, 0.2) is 0 Å². The fourth-order valence-electron chi connectivity index (χ4n) is 5.89. The number of halogens is 1. The second kappa shape index (κ2) is 13.6. The van der Waals surface area contributed by atoms with E-state index < -0.39 is 12.0 Å². The molecule has 2 amide bonds. The van der Waals surface area contributed by atoms with Crippen LogP contribution in [0.15, 0.2) is 97.1 Å². The molecule has 1 heterocycles. The highest BCUT2D eigenvalue weighted by Gasteiger charge is 2.44. The Balaban J connectivity index is 1.43. The van der Waals surface area contributed by atoms with Crippen LogP contribution in [-0.2, 0) is 11.3 Å². The Bertz CT molecular complexity index is 1560. The smallest absolute Gasteiger partial charge is 0.255 e. The van der Waals surface area contributed by atoms with Gasteiger partial charge in [0, 0.05) is 37.4 Å². The zero-order valence-electron chi connectivity index (χ0n) is 24.9. The Morgan fingerprint density at radius 3 is 2.42 bits per heavy atom. The fraction of sp³-hybridized carbons (Fsp3) is 0.278. The van der Waals surface area contributed by atoms with E-state index in [0.29, 0.717) is 23.4 Å².